The third-order valence-corrected chi connectivity index (χ3v) is 6.18. The van der Waals surface area contributed by atoms with Crippen molar-refractivity contribution in [1.29, 1.82) is 0 Å². The minimum absolute atomic E-state index is 0.0596. The van der Waals surface area contributed by atoms with Crippen molar-refractivity contribution in [3.05, 3.63) is 0 Å². The molecule has 2 aliphatic carbocycles. The second-order valence-corrected chi connectivity index (χ2v) is 8.36. The molecule has 2 aliphatic heterocycles. The average molecular weight is 382 g/mol. The van der Waals surface area contributed by atoms with E-state index in [9.17, 15) is 9.59 Å². The number of amides is 1. The summed E-state index contributed by atoms with van der Waals surface area (Å²) < 4.78 is 16.8. The minimum Gasteiger partial charge on any atom is -0.446 e. The van der Waals surface area contributed by atoms with E-state index in [-0.39, 0.29) is 24.2 Å². The largest absolute Gasteiger partial charge is 0.446 e. The lowest BCUT2D eigenvalue weighted by Gasteiger charge is -2.30. The van der Waals surface area contributed by atoms with Crippen LogP contribution in [0, 0.1) is 5.92 Å². The number of hydroxylamine groups is 1. The first-order chi connectivity index (χ1) is 13.0. The second-order valence-electron chi connectivity index (χ2n) is 8.36. The molecule has 2 saturated heterocycles. The van der Waals surface area contributed by atoms with E-state index in [2.05, 4.69) is 5.48 Å². The Morgan fingerprint density at radius 1 is 1.15 bits per heavy atom. The summed E-state index contributed by atoms with van der Waals surface area (Å²) in [5, 5.41) is 0. The van der Waals surface area contributed by atoms with Crippen LogP contribution in [0.25, 0.3) is 0 Å². The Morgan fingerprint density at radius 2 is 1.89 bits per heavy atom. The van der Waals surface area contributed by atoms with Crippen molar-refractivity contribution in [3.8, 4) is 0 Å². The van der Waals surface area contributed by atoms with E-state index < -0.39 is 18.0 Å². The molecule has 2 saturated carbocycles. The van der Waals surface area contributed by atoms with Crippen LogP contribution in [0.1, 0.15) is 64.7 Å². The minimum atomic E-state index is -1.05. The van der Waals surface area contributed by atoms with Crippen molar-refractivity contribution in [2.75, 3.05) is 13.1 Å². The predicted octanol–water partition coefficient (Wildman–Crippen LogP) is 2.47. The molecule has 0 aromatic carbocycles. The molecule has 2 heterocycles. The van der Waals surface area contributed by atoms with Crippen molar-refractivity contribution in [3.63, 3.8) is 0 Å². The Morgan fingerprint density at radius 3 is 2.63 bits per heavy atom. The molecule has 4 aliphatic rings. The highest BCUT2D eigenvalue weighted by Gasteiger charge is 2.50. The van der Waals surface area contributed by atoms with Gasteiger partial charge in [-0.1, -0.05) is 13.3 Å². The summed E-state index contributed by atoms with van der Waals surface area (Å²) in [4.78, 5) is 31.7. The van der Waals surface area contributed by atoms with E-state index in [4.69, 9.17) is 19.0 Å². The predicted molar refractivity (Wildman–Crippen MR) is 94.3 cm³/mol. The molecule has 8 heteroatoms. The molecule has 152 valence electrons. The van der Waals surface area contributed by atoms with E-state index >= 15 is 0 Å². The molecule has 3 atom stereocenters. The van der Waals surface area contributed by atoms with Gasteiger partial charge in [-0.2, -0.15) is 5.48 Å². The van der Waals surface area contributed by atoms with Gasteiger partial charge in [0.1, 0.15) is 6.10 Å². The van der Waals surface area contributed by atoms with E-state index in [1.165, 1.54) is 0 Å². The number of carbonyl (C=O) groups is 2. The molecule has 4 rings (SSSR count). The number of nitrogens with zero attached hydrogens (tertiary/aromatic N) is 1. The van der Waals surface area contributed by atoms with Crippen molar-refractivity contribution < 1.29 is 28.6 Å². The van der Waals surface area contributed by atoms with Gasteiger partial charge in [0.25, 0.3) is 6.29 Å². The monoisotopic (exact) mass is 382 g/mol. The number of rotatable bonds is 4. The Balaban J connectivity index is 1.25. The van der Waals surface area contributed by atoms with Gasteiger partial charge in [0.15, 0.2) is 0 Å². The Hall–Kier alpha value is -1.38. The number of carbonyl (C=O) groups excluding carboxylic acids is 2. The molecule has 1 N–H and O–H groups in total. The summed E-state index contributed by atoms with van der Waals surface area (Å²) >= 11 is 0. The third-order valence-electron chi connectivity index (χ3n) is 6.18. The summed E-state index contributed by atoms with van der Waals surface area (Å²) in [6.07, 6.45) is 7.51. The number of esters is 1. The van der Waals surface area contributed by atoms with Crippen LogP contribution in [0.15, 0.2) is 0 Å². The summed E-state index contributed by atoms with van der Waals surface area (Å²) in [6, 6.07) is -0.0829. The van der Waals surface area contributed by atoms with Crippen molar-refractivity contribution in [2.24, 2.45) is 5.92 Å². The standard InChI is InChI=1S/C19H30N2O6/c1-13-11-21(18(23)24-14-7-3-4-8-14)12-15(13)20-27-17-16(22)25-19(26-17)9-5-2-6-10-19/h13-15,17,20H,2-12H2,1H3. The second kappa shape index (κ2) is 7.93. The SMILES string of the molecule is CC1CN(C(=O)OC2CCCC2)CC1NOC1OC2(CCCCC2)OC1=O. The Labute approximate surface area is 159 Å². The van der Waals surface area contributed by atoms with Crippen molar-refractivity contribution in [1.82, 2.24) is 10.4 Å². The summed E-state index contributed by atoms with van der Waals surface area (Å²) in [6.45, 7) is 3.13. The van der Waals surface area contributed by atoms with Gasteiger partial charge in [-0.15, -0.1) is 0 Å². The van der Waals surface area contributed by atoms with Gasteiger partial charge in [0, 0.05) is 25.9 Å². The van der Waals surface area contributed by atoms with Gasteiger partial charge in [0.05, 0.1) is 6.04 Å². The normalized spacial score (nSPS) is 33.6. The molecule has 3 unspecified atom stereocenters. The van der Waals surface area contributed by atoms with E-state index in [1.54, 1.807) is 4.90 Å². The zero-order valence-electron chi connectivity index (χ0n) is 16.0. The Kier molecular flexibility index (Phi) is 5.57. The maximum atomic E-state index is 12.3. The zero-order chi connectivity index (χ0) is 18.9. The van der Waals surface area contributed by atoms with Gasteiger partial charge < -0.3 is 14.4 Å². The smallest absolute Gasteiger partial charge is 0.410 e. The van der Waals surface area contributed by atoms with Crippen LogP contribution < -0.4 is 5.48 Å². The van der Waals surface area contributed by atoms with E-state index in [0.29, 0.717) is 13.1 Å². The fraction of sp³-hybridized carbons (Fsp3) is 0.895. The first-order valence-corrected chi connectivity index (χ1v) is 10.3. The van der Waals surface area contributed by atoms with Crippen LogP contribution in [0.2, 0.25) is 0 Å². The summed E-state index contributed by atoms with van der Waals surface area (Å²) in [5.41, 5.74) is 2.93. The number of nitrogens with one attached hydrogen (secondary N) is 1. The van der Waals surface area contributed by atoms with Gasteiger partial charge in [-0.05, 0) is 44.4 Å². The lowest BCUT2D eigenvalue weighted by atomic mass is 9.94. The molecule has 1 spiro atoms. The van der Waals surface area contributed by atoms with Crippen molar-refractivity contribution >= 4 is 12.1 Å². The molecule has 1 amide bonds. The van der Waals surface area contributed by atoms with Gasteiger partial charge in [-0.25, -0.2) is 9.59 Å². The van der Waals surface area contributed by atoms with Crippen LogP contribution in [0.5, 0.6) is 0 Å². The number of ether oxygens (including phenoxy) is 3. The van der Waals surface area contributed by atoms with Gasteiger partial charge >= 0.3 is 12.1 Å². The maximum absolute atomic E-state index is 12.3. The zero-order valence-corrected chi connectivity index (χ0v) is 16.0. The molecule has 0 aromatic heterocycles. The highest BCUT2D eigenvalue weighted by molar-refractivity contribution is 5.75. The highest BCUT2D eigenvalue weighted by atomic mass is 16.9. The third kappa shape index (κ3) is 4.22. The lowest BCUT2D eigenvalue weighted by molar-refractivity contribution is -0.240. The molecule has 0 aromatic rings. The molecule has 8 nitrogen and oxygen atoms in total. The van der Waals surface area contributed by atoms with Crippen LogP contribution in [0.4, 0.5) is 4.79 Å². The molecular weight excluding hydrogens is 352 g/mol. The molecule has 0 bridgehead atoms. The molecular formula is C19H30N2O6. The number of hydrogen-bond acceptors (Lipinski definition) is 7. The molecule has 0 radical (unpaired) electrons. The first-order valence-electron chi connectivity index (χ1n) is 10.3. The summed E-state index contributed by atoms with van der Waals surface area (Å²) in [7, 11) is 0. The van der Waals surface area contributed by atoms with Gasteiger partial charge in [0.2, 0.25) is 5.79 Å². The Bertz CT molecular complexity index is 558. The quantitative estimate of drug-likeness (QED) is 0.590. The average Bonchev–Trinajstić information content (AvgIpc) is 3.35. The van der Waals surface area contributed by atoms with E-state index in [1.807, 2.05) is 6.92 Å². The topological polar surface area (TPSA) is 86.3 Å². The highest BCUT2D eigenvalue weighted by Crippen LogP contribution is 2.38. The van der Waals surface area contributed by atoms with Crippen LogP contribution in [-0.4, -0.2) is 54.3 Å². The number of hydrogen-bond donors (Lipinski definition) is 1. The fourth-order valence-electron chi connectivity index (χ4n) is 4.52. The van der Waals surface area contributed by atoms with Crippen LogP contribution in [0.3, 0.4) is 0 Å². The lowest BCUT2D eigenvalue weighted by Crippen LogP contribution is -2.41. The van der Waals surface area contributed by atoms with Crippen LogP contribution >= 0.6 is 0 Å². The number of likely N-dealkylation sites (tertiary alicyclic amines) is 1. The fourth-order valence-corrected chi connectivity index (χ4v) is 4.52. The first kappa shape index (κ1) is 19.0. The molecule has 4 fully saturated rings. The summed E-state index contributed by atoms with van der Waals surface area (Å²) in [5.74, 6) is -1.10. The molecule has 27 heavy (non-hydrogen) atoms. The van der Waals surface area contributed by atoms with Crippen molar-refractivity contribution in [2.45, 2.75) is 88.9 Å². The van der Waals surface area contributed by atoms with Crippen LogP contribution in [-0.2, 0) is 23.8 Å². The maximum Gasteiger partial charge on any atom is 0.410 e. The van der Waals surface area contributed by atoms with E-state index in [0.717, 1.165) is 57.8 Å². The van der Waals surface area contributed by atoms with Gasteiger partial charge in [-0.3, -0.25) is 9.57 Å².